The van der Waals surface area contributed by atoms with E-state index in [1.54, 1.807) is 0 Å². The Labute approximate surface area is 149 Å². The third-order valence-electron chi connectivity index (χ3n) is 5.08. The molecule has 0 radical (unpaired) electrons. The minimum Gasteiger partial charge on any atom is -0.481 e. The molecular weight excluding hydrogens is 328 g/mol. The largest absolute Gasteiger partial charge is 0.481 e. The Balaban J connectivity index is 0.00000144. The van der Waals surface area contributed by atoms with Crippen LogP contribution in [-0.2, 0) is 26.5 Å². The van der Waals surface area contributed by atoms with E-state index in [9.17, 15) is 9.90 Å². The Morgan fingerprint density at radius 1 is 1.05 bits per heavy atom. The molecule has 2 saturated carbocycles. The van der Waals surface area contributed by atoms with Crippen LogP contribution in [0.4, 0.5) is 0 Å². The molecule has 4 rings (SSSR count). The van der Waals surface area contributed by atoms with Crippen molar-refractivity contribution in [2.24, 2.45) is 17.8 Å². The first-order valence-electron chi connectivity index (χ1n) is 7.59. The van der Waals surface area contributed by atoms with Crippen molar-refractivity contribution in [3.05, 3.63) is 42.5 Å². The average molecular weight is 346 g/mol. The molecule has 2 fully saturated rings. The summed E-state index contributed by atoms with van der Waals surface area (Å²) < 4.78 is 0. The summed E-state index contributed by atoms with van der Waals surface area (Å²) in [5, 5.41) is 12.4. The molecule has 0 saturated heterocycles. The van der Waals surface area contributed by atoms with Gasteiger partial charge in [-0.2, -0.15) is 0 Å². The van der Waals surface area contributed by atoms with Gasteiger partial charge in [0.1, 0.15) is 0 Å². The Kier molecular flexibility index (Phi) is 4.68. The Morgan fingerprint density at radius 2 is 1.82 bits per heavy atom. The molecule has 112 valence electrons. The Morgan fingerprint density at radius 3 is 2.55 bits per heavy atom. The van der Waals surface area contributed by atoms with Gasteiger partial charge < -0.3 is 5.11 Å². The maximum atomic E-state index is 11.4. The first kappa shape index (κ1) is 16.1. The van der Waals surface area contributed by atoms with Crippen LogP contribution < -0.4 is 0 Å². The SMILES string of the molecule is O=C(O)C1CC2CC(Sc3ccc4ccccc4c3)C1C2.[Ti]. The summed E-state index contributed by atoms with van der Waals surface area (Å²) in [6.45, 7) is 0. The second-order valence-electron chi connectivity index (χ2n) is 6.35. The topological polar surface area (TPSA) is 37.3 Å². The zero-order valence-electron chi connectivity index (χ0n) is 12.2. The smallest absolute Gasteiger partial charge is 0.306 e. The van der Waals surface area contributed by atoms with Gasteiger partial charge in [0.05, 0.1) is 5.92 Å². The summed E-state index contributed by atoms with van der Waals surface area (Å²) in [6, 6.07) is 15.0. The van der Waals surface area contributed by atoms with Crippen LogP contribution in [0.2, 0.25) is 0 Å². The van der Waals surface area contributed by atoms with Crippen molar-refractivity contribution in [3.63, 3.8) is 0 Å². The third-order valence-corrected chi connectivity index (χ3v) is 6.45. The Bertz CT molecular complexity index is 702. The normalized spacial score (nSPS) is 29.5. The van der Waals surface area contributed by atoms with Crippen LogP contribution in [0, 0.1) is 17.8 Å². The van der Waals surface area contributed by atoms with Crippen molar-refractivity contribution in [1.82, 2.24) is 0 Å². The van der Waals surface area contributed by atoms with E-state index in [0.717, 1.165) is 12.8 Å². The number of carboxylic acids is 1. The van der Waals surface area contributed by atoms with E-state index in [1.165, 1.54) is 22.1 Å². The molecule has 2 aliphatic rings. The first-order valence-corrected chi connectivity index (χ1v) is 8.47. The molecule has 0 heterocycles. The minimum absolute atomic E-state index is 0. The van der Waals surface area contributed by atoms with Gasteiger partial charge in [-0.3, -0.25) is 4.79 Å². The van der Waals surface area contributed by atoms with Crippen molar-refractivity contribution in [1.29, 1.82) is 0 Å². The molecule has 0 aliphatic heterocycles. The molecule has 22 heavy (non-hydrogen) atoms. The second kappa shape index (κ2) is 6.39. The van der Waals surface area contributed by atoms with Crippen molar-refractivity contribution >= 4 is 28.5 Å². The van der Waals surface area contributed by atoms with Gasteiger partial charge in [0, 0.05) is 31.9 Å². The van der Waals surface area contributed by atoms with Gasteiger partial charge in [0.2, 0.25) is 0 Å². The van der Waals surface area contributed by atoms with Crippen LogP contribution in [0.5, 0.6) is 0 Å². The summed E-state index contributed by atoms with van der Waals surface area (Å²) in [5.41, 5.74) is 0. The first-order chi connectivity index (χ1) is 10.2. The van der Waals surface area contributed by atoms with E-state index in [-0.39, 0.29) is 27.6 Å². The van der Waals surface area contributed by atoms with E-state index in [2.05, 4.69) is 42.5 Å². The van der Waals surface area contributed by atoms with Gasteiger partial charge in [-0.15, -0.1) is 11.8 Å². The van der Waals surface area contributed by atoms with Crippen LogP contribution in [0.3, 0.4) is 0 Å². The molecule has 4 unspecified atom stereocenters. The number of benzene rings is 2. The van der Waals surface area contributed by atoms with Crippen LogP contribution in [0.25, 0.3) is 10.8 Å². The van der Waals surface area contributed by atoms with Gasteiger partial charge in [-0.05, 0) is 54.0 Å². The molecule has 4 atom stereocenters. The standard InChI is InChI=1S/C18H18O2S.Ti/c19-18(20)16-8-11-7-15(16)17(9-11)21-14-6-5-12-3-1-2-4-13(12)10-14;/h1-6,10-11,15-17H,7-9H2,(H,19,20);. The number of carbonyl (C=O) groups is 1. The van der Waals surface area contributed by atoms with Gasteiger partial charge in [0.25, 0.3) is 0 Å². The Hall–Kier alpha value is -0.766. The third kappa shape index (κ3) is 2.87. The summed E-state index contributed by atoms with van der Waals surface area (Å²) in [7, 11) is 0. The van der Waals surface area contributed by atoms with Gasteiger partial charge >= 0.3 is 5.97 Å². The zero-order chi connectivity index (χ0) is 14.4. The number of fused-ring (bicyclic) bond motifs is 3. The number of thioether (sulfide) groups is 1. The molecule has 0 spiro atoms. The number of carboxylic acid groups (broad SMARTS) is 1. The maximum Gasteiger partial charge on any atom is 0.306 e. The monoisotopic (exact) mass is 346 g/mol. The summed E-state index contributed by atoms with van der Waals surface area (Å²) in [6.07, 6.45) is 3.20. The molecule has 2 aliphatic carbocycles. The number of hydrogen-bond acceptors (Lipinski definition) is 2. The number of hydrogen-bond donors (Lipinski definition) is 1. The quantitative estimate of drug-likeness (QED) is 0.836. The molecule has 1 N–H and O–H groups in total. The number of rotatable bonds is 3. The van der Waals surface area contributed by atoms with Crippen LogP contribution in [-0.4, -0.2) is 16.3 Å². The predicted octanol–water partition coefficient (Wildman–Crippen LogP) is 4.43. The van der Waals surface area contributed by atoms with E-state index in [0.29, 0.717) is 17.1 Å². The molecule has 2 bridgehead atoms. The van der Waals surface area contributed by atoms with E-state index in [4.69, 9.17) is 0 Å². The molecule has 0 amide bonds. The molecule has 0 aromatic heterocycles. The number of aliphatic carboxylic acids is 1. The van der Waals surface area contributed by atoms with E-state index >= 15 is 0 Å². The van der Waals surface area contributed by atoms with Crippen molar-refractivity contribution in [2.75, 3.05) is 0 Å². The van der Waals surface area contributed by atoms with Crippen LogP contribution in [0.15, 0.2) is 47.4 Å². The van der Waals surface area contributed by atoms with Gasteiger partial charge in [-0.1, -0.05) is 30.3 Å². The van der Waals surface area contributed by atoms with Gasteiger partial charge in [-0.25, -0.2) is 0 Å². The summed E-state index contributed by atoms with van der Waals surface area (Å²) in [5.74, 6) is 0.297. The van der Waals surface area contributed by atoms with Crippen molar-refractivity contribution < 1.29 is 31.6 Å². The van der Waals surface area contributed by atoms with Crippen molar-refractivity contribution in [2.45, 2.75) is 29.4 Å². The molecule has 2 aromatic carbocycles. The van der Waals surface area contributed by atoms with Crippen molar-refractivity contribution in [3.8, 4) is 0 Å². The molecule has 4 heteroatoms. The summed E-state index contributed by atoms with van der Waals surface area (Å²) >= 11 is 1.89. The predicted molar refractivity (Wildman–Crippen MR) is 85.5 cm³/mol. The molecular formula is C18H18O2STi. The maximum absolute atomic E-state index is 11.4. The van der Waals surface area contributed by atoms with E-state index < -0.39 is 5.97 Å². The molecule has 2 aromatic rings. The zero-order valence-corrected chi connectivity index (χ0v) is 14.6. The van der Waals surface area contributed by atoms with Crippen LogP contribution >= 0.6 is 11.8 Å². The van der Waals surface area contributed by atoms with Crippen LogP contribution in [0.1, 0.15) is 19.3 Å². The fourth-order valence-corrected chi connectivity index (χ4v) is 5.66. The second-order valence-corrected chi connectivity index (χ2v) is 7.66. The summed E-state index contributed by atoms with van der Waals surface area (Å²) in [4.78, 5) is 12.6. The fraction of sp³-hybridized carbons (Fsp3) is 0.389. The van der Waals surface area contributed by atoms with E-state index in [1.807, 2.05) is 11.8 Å². The minimum atomic E-state index is -0.591. The average Bonchev–Trinajstić information content (AvgIpc) is 3.07. The van der Waals surface area contributed by atoms with Gasteiger partial charge in [0.15, 0.2) is 0 Å². The molecule has 2 nitrogen and oxygen atoms in total. The fourth-order valence-electron chi connectivity index (χ4n) is 4.12.